The summed E-state index contributed by atoms with van der Waals surface area (Å²) in [4.78, 5) is 1.07. The number of allylic oxidation sites excluding steroid dienone is 2. The molecule has 0 aliphatic heterocycles. The van der Waals surface area contributed by atoms with E-state index in [-0.39, 0.29) is 0 Å². The van der Waals surface area contributed by atoms with Crippen molar-refractivity contribution in [3.05, 3.63) is 11.6 Å². The first-order chi connectivity index (χ1) is 3.83. The third kappa shape index (κ3) is 0.962. The third-order valence-corrected chi connectivity index (χ3v) is 1.46. The van der Waals surface area contributed by atoms with Crippen molar-refractivity contribution in [1.82, 2.24) is 0 Å². The standard InChI is InChI=1S/C7H6S/c1-2-6-3-4-7(8)5-6/h1,3H,4-5H2. The highest BCUT2D eigenvalue weighted by molar-refractivity contribution is 7.80. The van der Waals surface area contributed by atoms with Gasteiger partial charge in [-0.25, -0.2) is 0 Å². The van der Waals surface area contributed by atoms with Gasteiger partial charge in [0, 0.05) is 16.9 Å². The van der Waals surface area contributed by atoms with Crippen LogP contribution < -0.4 is 0 Å². The fraction of sp³-hybridized carbons (Fsp3) is 0.286. The van der Waals surface area contributed by atoms with Crippen molar-refractivity contribution >= 4 is 17.1 Å². The Labute approximate surface area is 54.6 Å². The second-order valence-corrected chi connectivity index (χ2v) is 2.37. The lowest BCUT2D eigenvalue weighted by molar-refractivity contribution is 1.47. The van der Waals surface area contributed by atoms with Gasteiger partial charge in [-0.2, -0.15) is 0 Å². The summed E-state index contributed by atoms with van der Waals surface area (Å²) in [6.07, 6.45) is 8.90. The molecule has 0 radical (unpaired) electrons. The molecule has 0 fully saturated rings. The van der Waals surface area contributed by atoms with Crippen LogP contribution in [-0.2, 0) is 0 Å². The molecule has 0 saturated heterocycles. The van der Waals surface area contributed by atoms with Gasteiger partial charge in [-0.05, 0) is 6.42 Å². The normalized spacial score (nSPS) is 17.9. The summed E-state index contributed by atoms with van der Waals surface area (Å²) in [7, 11) is 0. The van der Waals surface area contributed by atoms with E-state index in [1.54, 1.807) is 0 Å². The zero-order valence-electron chi connectivity index (χ0n) is 4.48. The van der Waals surface area contributed by atoms with E-state index in [0.717, 1.165) is 23.3 Å². The van der Waals surface area contributed by atoms with Gasteiger partial charge >= 0.3 is 0 Å². The Hall–Kier alpha value is -0.610. The Morgan fingerprint density at radius 1 is 1.75 bits per heavy atom. The maximum Gasteiger partial charge on any atom is 0.0118 e. The predicted octanol–water partition coefficient (Wildman–Crippen LogP) is 1.71. The minimum absolute atomic E-state index is 0.853. The highest BCUT2D eigenvalue weighted by Gasteiger charge is 2.05. The van der Waals surface area contributed by atoms with Crippen LogP contribution in [0.25, 0.3) is 0 Å². The smallest absolute Gasteiger partial charge is 0.0118 e. The van der Waals surface area contributed by atoms with Crippen LogP contribution in [0.4, 0.5) is 0 Å². The summed E-state index contributed by atoms with van der Waals surface area (Å²) in [5.41, 5.74) is 1.05. The zero-order valence-corrected chi connectivity index (χ0v) is 5.29. The van der Waals surface area contributed by atoms with Gasteiger partial charge in [0.25, 0.3) is 0 Å². The van der Waals surface area contributed by atoms with E-state index in [4.69, 9.17) is 18.6 Å². The van der Waals surface area contributed by atoms with Crippen molar-refractivity contribution in [3.8, 4) is 12.3 Å². The summed E-state index contributed by atoms with van der Waals surface area (Å²) in [6.45, 7) is 0. The summed E-state index contributed by atoms with van der Waals surface area (Å²) < 4.78 is 0. The Bertz CT molecular complexity index is 181. The molecule has 1 aliphatic carbocycles. The number of hydrogen-bond acceptors (Lipinski definition) is 1. The second-order valence-electron chi connectivity index (χ2n) is 1.79. The van der Waals surface area contributed by atoms with Crippen molar-refractivity contribution in [2.45, 2.75) is 12.8 Å². The average molecular weight is 122 g/mol. The van der Waals surface area contributed by atoms with E-state index in [1.807, 2.05) is 6.08 Å². The molecule has 8 heavy (non-hydrogen) atoms. The molecular formula is C7H6S. The monoisotopic (exact) mass is 122 g/mol. The molecular weight excluding hydrogens is 116 g/mol. The number of hydrogen-bond donors (Lipinski definition) is 0. The van der Waals surface area contributed by atoms with Crippen LogP contribution in [0.5, 0.6) is 0 Å². The lowest BCUT2D eigenvalue weighted by atomic mass is 10.2. The molecule has 0 amide bonds. The Morgan fingerprint density at radius 3 is 2.75 bits per heavy atom. The quantitative estimate of drug-likeness (QED) is 0.348. The largest absolute Gasteiger partial charge is 0.115 e. The fourth-order valence-corrected chi connectivity index (χ4v) is 0.943. The molecule has 0 unspecified atom stereocenters. The Kier molecular flexibility index (Phi) is 1.45. The second kappa shape index (κ2) is 2.11. The van der Waals surface area contributed by atoms with Gasteiger partial charge in [0.05, 0.1) is 0 Å². The maximum absolute atomic E-state index is 5.12. The first-order valence-electron chi connectivity index (χ1n) is 2.50. The molecule has 0 aromatic rings. The van der Waals surface area contributed by atoms with E-state index < -0.39 is 0 Å². The van der Waals surface area contributed by atoms with Crippen LogP contribution in [0.2, 0.25) is 0 Å². The van der Waals surface area contributed by atoms with Gasteiger partial charge < -0.3 is 0 Å². The number of rotatable bonds is 0. The van der Waals surface area contributed by atoms with Crippen LogP contribution in [0.3, 0.4) is 0 Å². The van der Waals surface area contributed by atoms with Gasteiger partial charge in [0.2, 0.25) is 0 Å². The molecule has 0 aromatic heterocycles. The summed E-state index contributed by atoms with van der Waals surface area (Å²) in [5.74, 6) is 2.57. The molecule has 0 heterocycles. The van der Waals surface area contributed by atoms with Crippen LogP contribution in [0.1, 0.15) is 12.8 Å². The molecule has 1 heteroatoms. The van der Waals surface area contributed by atoms with Crippen molar-refractivity contribution in [1.29, 1.82) is 0 Å². The van der Waals surface area contributed by atoms with Crippen LogP contribution >= 0.6 is 12.2 Å². The summed E-state index contributed by atoms with van der Waals surface area (Å²) >= 11 is 4.91. The number of terminal acetylenes is 1. The molecule has 40 valence electrons. The molecule has 0 saturated carbocycles. The lowest BCUT2D eigenvalue weighted by Gasteiger charge is -1.83. The van der Waals surface area contributed by atoms with Gasteiger partial charge in [0.15, 0.2) is 0 Å². The van der Waals surface area contributed by atoms with Crippen molar-refractivity contribution in [2.24, 2.45) is 0 Å². The van der Waals surface area contributed by atoms with Crippen LogP contribution in [0, 0.1) is 12.3 Å². The SMILES string of the molecule is C#CC1=CCC(=S)C1. The van der Waals surface area contributed by atoms with Gasteiger partial charge in [-0.15, -0.1) is 6.42 Å². The number of thiocarbonyl (C=S) groups is 1. The van der Waals surface area contributed by atoms with Gasteiger partial charge in [-0.3, -0.25) is 0 Å². The summed E-state index contributed by atoms with van der Waals surface area (Å²) in [5, 5.41) is 0. The third-order valence-electron chi connectivity index (χ3n) is 1.15. The van der Waals surface area contributed by atoms with E-state index in [2.05, 4.69) is 5.92 Å². The maximum atomic E-state index is 5.12. The van der Waals surface area contributed by atoms with E-state index in [9.17, 15) is 0 Å². The van der Waals surface area contributed by atoms with E-state index >= 15 is 0 Å². The van der Waals surface area contributed by atoms with Gasteiger partial charge in [-0.1, -0.05) is 24.2 Å². The van der Waals surface area contributed by atoms with Crippen LogP contribution in [0.15, 0.2) is 11.6 Å². The lowest BCUT2D eigenvalue weighted by Crippen LogP contribution is -1.82. The Balaban J connectivity index is 2.66. The predicted molar refractivity (Wildman–Crippen MR) is 38.7 cm³/mol. The van der Waals surface area contributed by atoms with E-state index in [0.29, 0.717) is 0 Å². The topological polar surface area (TPSA) is 0 Å². The Morgan fingerprint density at radius 2 is 2.50 bits per heavy atom. The van der Waals surface area contributed by atoms with Gasteiger partial charge in [0.1, 0.15) is 0 Å². The minimum Gasteiger partial charge on any atom is -0.115 e. The molecule has 0 N–H and O–H groups in total. The van der Waals surface area contributed by atoms with Crippen molar-refractivity contribution in [2.75, 3.05) is 0 Å². The highest BCUT2D eigenvalue weighted by Crippen LogP contribution is 2.13. The zero-order chi connectivity index (χ0) is 5.98. The molecule has 0 spiro atoms. The molecule has 1 aliphatic rings. The first-order valence-corrected chi connectivity index (χ1v) is 2.91. The van der Waals surface area contributed by atoms with Crippen molar-refractivity contribution < 1.29 is 0 Å². The highest BCUT2D eigenvalue weighted by atomic mass is 32.1. The van der Waals surface area contributed by atoms with Crippen LogP contribution in [-0.4, -0.2) is 4.86 Å². The average Bonchev–Trinajstić information content (AvgIpc) is 2.14. The van der Waals surface area contributed by atoms with Crippen molar-refractivity contribution in [3.63, 3.8) is 0 Å². The van der Waals surface area contributed by atoms with E-state index in [1.165, 1.54) is 0 Å². The first kappa shape index (κ1) is 5.53. The molecule has 0 aromatic carbocycles. The summed E-state index contributed by atoms with van der Waals surface area (Å²) in [6, 6.07) is 0. The molecule has 0 bridgehead atoms. The molecule has 0 nitrogen and oxygen atoms in total. The molecule has 1 rings (SSSR count). The minimum atomic E-state index is 0.853. The molecule has 0 atom stereocenters. The fourth-order valence-electron chi connectivity index (χ4n) is 0.704.